The van der Waals surface area contributed by atoms with E-state index in [1.807, 2.05) is 0 Å². The van der Waals surface area contributed by atoms with Crippen molar-refractivity contribution < 1.29 is 31.1 Å². The first kappa shape index (κ1) is 28.9. The SMILES string of the molecule is NCCN1CCC[C@H]2OC(=O)N(c3ccc(S(=O)(=O)N4CCN(c5cc(C(F)(F)F)cc(Cl)n5)CC4)cc3)[C@H]2C1. The molecule has 2 aromatic rings. The number of aromatic nitrogens is 1. The number of ether oxygens (including phenoxy) is 1. The number of alkyl halides is 3. The smallest absolute Gasteiger partial charge is 0.416 e. The van der Waals surface area contributed by atoms with E-state index < -0.39 is 27.9 Å². The number of rotatable bonds is 6. The molecule has 5 rings (SSSR count). The molecule has 2 N–H and O–H groups in total. The van der Waals surface area contributed by atoms with Crippen molar-refractivity contribution in [2.75, 3.05) is 62.2 Å². The van der Waals surface area contributed by atoms with E-state index in [1.54, 1.807) is 21.9 Å². The number of fused-ring (bicyclic) bond motifs is 1. The minimum Gasteiger partial charge on any atom is -0.444 e. The van der Waals surface area contributed by atoms with Gasteiger partial charge in [0.15, 0.2) is 0 Å². The van der Waals surface area contributed by atoms with Gasteiger partial charge in [-0.15, -0.1) is 0 Å². The Kier molecular flexibility index (Phi) is 8.17. The van der Waals surface area contributed by atoms with Crippen LogP contribution in [0.15, 0.2) is 41.3 Å². The van der Waals surface area contributed by atoms with Crippen molar-refractivity contribution >= 4 is 39.2 Å². The van der Waals surface area contributed by atoms with Crippen LogP contribution >= 0.6 is 11.6 Å². The number of hydrogen-bond donors (Lipinski definition) is 1. The first-order chi connectivity index (χ1) is 19.0. The van der Waals surface area contributed by atoms with Gasteiger partial charge in [-0.25, -0.2) is 18.2 Å². The summed E-state index contributed by atoms with van der Waals surface area (Å²) in [6.45, 7) is 3.11. The molecule has 0 bridgehead atoms. The Morgan fingerprint density at radius 3 is 2.42 bits per heavy atom. The van der Waals surface area contributed by atoms with Crippen LogP contribution in [0.2, 0.25) is 5.15 Å². The highest BCUT2D eigenvalue weighted by molar-refractivity contribution is 7.89. The average molecular weight is 603 g/mol. The standard InChI is InChI=1S/C25H30ClF3N6O4S/c26-22-14-17(25(27,28)29)15-23(31-22)33-10-12-34(13-11-33)40(37,38)19-5-3-18(4-6-19)35-20-16-32(9-7-30)8-1-2-21(20)39-24(35)36/h3-6,14-15,20-21H,1-2,7-13,16,30H2/t20-,21+/m0/s1. The zero-order valence-corrected chi connectivity index (χ0v) is 23.1. The molecule has 0 spiro atoms. The molecule has 0 aliphatic carbocycles. The fourth-order valence-electron chi connectivity index (χ4n) is 5.47. The summed E-state index contributed by atoms with van der Waals surface area (Å²) in [6.07, 6.45) is -3.64. The molecule has 3 aliphatic rings. The van der Waals surface area contributed by atoms with Crippen LogP contribution in [0.5, 0.6) is 0 Å². The molecule has 0 saturated carbocycles. The Hall–Kier alpha value is -2.65. The van der Waals surface area contributed by atoms with Gasteiger partial charge in [-0.3, -0.25) is 9.80 Å². The summed E-state index contributed by atoms with van der Waals surface area (Å²) in [4.78, 5) is 22.2. The fourth-order valence-corrected chi connectivity index (χ4v) is 7.09. The molecule has 218 valence electrons. The number of anilines is 2. The van der Waals surface area contributed by atoms with Crippen LogP contribution in [-0.4, -0.2) is 93.2 Å². The molecule has 0 radical (unpaired) electrons. The Labute approximate surface area is 235 Å². The van der Waals surface area contributed by atoms with Gasteiger partial charge in [0.1, 0.15) is 17.1 Å². The highest BCUT2D eigenvalue weighted by Gasteiger charge is 2.44. The molecule has 3 aliphatic heterocycles. The quantitative estimate of drug-likeness (QED) is 0.502. The third-order valence-electron chi connectivity index (χ3n) is 7.49. The van der Waals surface area contributed by atoms with Crippen LogP contribution in [0.4, 0.5) is 29.5 Å². The van der Waals surface area contributed by atoms with E-state index in [4.69, 9.17) is 22.1 Å². The molecule has 0 unspecified atom stereocenters. The largest absolute Gasteiger partial charge is 0.444 e. The van der Waals surface area contributed by atoms with Crippen molar-refractivity contribution in [3.63, 3.8) is 0 Å². The topological polar surface area (TPSA) is 112 Å². The number of pyridine rings is 1. The lowest BCUT2D eigenvalue weighted by Gasteiger charge is -2.35. The predicted octanol–water partition coefficient (Wildman–Crippen LogP) is 3.01. The average Bonchev–Trinajstić information content (AvgIpc) is 3.09. The van der Waals surface area contributed by atoms with E-state index in [2.05, 4.69) is 9.88 Å². The first-order valence-electron chi connectivity index (χ1n) is 13.0. The van der Waals surface area contributed by atoms with Crippen LogP contribution in [0.25, 0.3) is 0 Å². The maximum Gasteiger partial charge on any atom is 0.416 e. The number of carbonyl (C=O) groups is 1. The molecule has 1 aromatic carbocycles. The van der Waals surface area contributed by atoms with Gasteiger partial charge in [-0.2, -0.15) is 17.5 Å². The van der Waals surface area contributed by atoms with Gasteiger partial charge in [0, 0.05) is 51.5 Å². The van der Waals surface area contributed by atoms with E-state index >= 15 is 0 Å². The second-order valence-electron chi connectivity index (χ2n) is 10.0. The predicted molar refractivity (Wildman–Crippen MR) is 143 cm³/mol. The van der Waals surface area contributed by atoms with E-state index in [0.29, 0.717) is 25.3 Å². The molecule has 2 atom stereocenters. The number of benzene rings is 1. The number of hydrogen-bond acceptors (Lipinski definition) is 8. The highest BCUT2D eigenvalue weighted by Crippen LogP contribution is 2.34. The number of sulfonamides is 1. The van der Waals surface area contributed by atoms with Crippen molar-refractivity contribution in [2.45, 2.75) is 36.1 Å². The van der Waals surface area contributed by atoms with Crippen LogP contribution < -0.4 is 15.5 Å². The first-order valence-corrected chi connectivity index (χ1v) is 14.8. The second kappa shape index (κ2) is 11.3. The monoisotopic (exact) mass is 602 g/mol. The van der Waals surface area contributed by atoms with Crippen LogP contribution in [-0.2, 0) is 20.9 Å². The lowest BCUT2D eigenvalue weighted by atomic mass is 10.1. The summed E-state index contributed by atoms with van der Waals surface area (Å²) in [7, 11) is -3.88. The molecule has 1 aromatic heterocycles. The normalized spacial score (nSPS) is 23.2. The molecule has 4 heterocycles. The number of halogens is 4. The number of nitrogens with zero attached hydrogens (tertiary/aromatic N) is 5. The Morgan fingerprint density at radius 2 is 1.77 bits per heavy atom. The molecule has 3 saturated heterocycles. The van der Waals surface area contributed by atoms with Crippen molar-refractivity contribution in [3.8, 4) is 0 Å². The third-order valence-corrected chi connectivity index (χ3v) is 9.59. The van der Waals surface area contributed by atoms with Crippen LogP contribution in [0.3, 0.4) is 0 Å². The molecule has 10 nitrogen and oxygen atoms in total. The summed E-state index contributed by atoms with van der Waals surface area (Å²) in [5.41, 5.74) is 5.37. The number of amides is 1. The fraction of sp³-hybridized carbons (Fsp3) is 0.520. The van der Waals surface area contributed by atoms with Crippen LogP contribution in [0, 0.1) is 0 Å². The number of carbonyl (C=O) groups excluding carboxylic acids is 1. The summed E-state index contributed by atoms with van der Waals surface area (Å²) in [5.74, 6) is 0.0422. The van der Waals surface area contributed by atoms with Crippen molar-refractivity contribution in [1.29, 1.82) is 0 Å². The number of nitrogens with two attached hydrogens (primary N) is 1. The number of likely N-dealkylation sites (tertiary alicyclic amines) is 1. The third kappa shape index (κ3) is 5.86. The molecule has 15 heteroatoms. The van der Waals surface area contributed by atoms with E-state index in [-0.39, 0.29) is 54.2 Å². The van der Waals surface area contributed by atoms with Gasteiger partial charge in [-0.05, 0) is 55.8 Å². The lowest BCUT2D eigenvalue weighted by molar-refractivity contribution is -0.137. The summed E-state index contributed by atoms with van der Waals surface area (Å²) in [6, 6.07) is 7.57. The summed E-state index contributed by atoms with van der Waals surface area (Å²) in [5, 5.41) is -0.288. The zero-order chi connectivity index (χ0) is 28.7. The van der Waals surface area contributed by atoms with E-state index in [9.17, 15) is 26.4 Å². The molecular formula is C25H30ClF3N6O4S. The molecule has 1 amide bonds. The Morgan fingerprint density at radius 1 is 1.07 bits per heavy atom. The Bertz CT molecular complexity index is 1340. The van der Waals surface area contributed by atoms with Crippen molar-refractivity contribution in [2.24, 2.45) is 5.73 Å². The highest BCUT2D eigenvalue weighted by atomic mass is 35.5. The van der Waals surface area contributed by atoms with Gasteiger partial charge in [0.05, 0.1) is 16.5 Å². The van der Waals surface area contributed by atoms with Gasteiger partial charge in [0.25, 0.3) is 0 Å². The van der Waals surface area contributed by atoms with Gasteiger partial charge < -0.3 is 15.4 Å². The van der Waals surface area contributed by atoms with Crippen molar-refractivity contribution in [3.05, 3.63) is 47.1 Å². The second-order valence-corrected chi connectivity index (χ2v) is 12.3. The lowest BCUT2D eigenvalue weighted by Crippen LogP contribution is -2.49. The molecule has 3 fully saturated rings. The minimum atomic E-state index is -4.58. The number of piperazine rings is 1. The van der Waals surface area contributed by atoms with Crippen molar-refractivity contribution in [1.82, 2.24) is 14.2 Å². The van der Waals surface area contributed by atoms with Gasteiger partial charge in [0.2, 0.25) is 10.0 Å². The maximum absolute atomic E-state index is 13.4. The minimum absolute atomic E-state index is 0.0422. The van der Waals surface area contributed by atoms with Gasteiger partial charge in [-0.1, -0.05) is 11.6 Å². The zero-order valence-electron chi connectivity index (χ0n) is 21.6. The molecule has 40 heavy (non-hydrogen) atoms. The van der Waals surface area contributed by atoms with E-state index in [0.717, 1.165) is 31.5 Å². The Balaban J connectivity index is 1.28. The molecular weight excluding hydrogens is 573 g/mol. The maximum atomic E-state index is 13.4. The van der Waals surface area contributed by atoms with Gasteiger partial charge >= 0.3 is 12.3 Å². The summed E-state index contributed by atoms with van der Waals surface area (Å²) < 4.78 is 73.2. The van der Waals surface area contributed by atoms with E-state index in [1.165, 1.54) is 16.4 Å². The summed E-state index contributed by atoms with van der Waals surface area (Å²) >= 11 is 5.81. The van der Waals surface area contributed by atoms with Crippen LogP contribution in [0.1, 0.15) is 18.4 Å².